The summed E-state index contributed by atoms with van der Waals surface area (Å²) in [5, 5.41) is 0. The van der Waals surface area contributed by atoms with Crippen molar-refractivity contribution >= 4 is 0 Å². The highest BCUT2D eigenvalue weighted by molar-refractivity contribution is 5.42. The van der Waals surface area contributed by atoms with Crippen LogP contribution in [0.4, 0.5) is 0 Å². The molecule has 1 nitrogen and oxygen atoms in total. The van der Waals surface area contributed by atoms with Gasteiger partial charge < -0.3 is 4.74 Å². The van der Waals surface area contributed by atoms with Gasteiger partial charge in [-0.1, -0.05) is 55.5 Å². The Hall–Kier alpha value is -1.60. The molecule has 0 amide bonds. The molecular formula is C17H18O. The molecule has 0 spiro atoms. The van der Waals surface area contributed by atoms with E-state index in [1.807, 2.05) is 0 Å². The van der Waals surface area contributed by atoms with E-state index in [-0.39, 0.29) is 0 Å². The number of hydrogen-bond donors (Lipinski definition) is 0. The van der Waals surface area contributed by atoms with Crippen LogP contribution in [-0.4, -0.2) is 0 Å². The van der Waals surface area contributed by atoms with E-state index in [1.165, 1.54) is 22.3 Å². The molecule has 0 aromatic heterocycles. The third-order valence-corrected chi connectivity index (χ3v) is 3.78. The van der Waals surface area contributed by atoms with E-state index in [1.54, 1.807) is 0 Å². The molecule has 2 aromatic carbocycles. The van der Waals surface area contributed by atoms with Crippen molar-refractivity contribution in [2.45, 2.75) is 32.5 Å². The van der Waals surface area contributed by atoms with Gasteiger partial charge in [-0.15, -0.1) is 0 Å². The second-order valence-electron chi connectivity index (χ2n) is 4.85. The van der Waals surface area contributed by atoms with Crippen LogP contribution in [0.1, 0.15) is 41.5 Å². The van der Waals surface area contributed by atoms with E-state index < -0.39 is 0 Å². The van der Waals surface area contributed by atoms with Gasteiger partial charge in [-0.05, 0) is 28.7 Å². The van der Waals surface area contributed by atoms with E-state index in [2.05, 4.69) is 55.5 Å². The second-order valence-corrected chi connectivity index (χ2v) is 4.85. The Morgan fingerprint density at radius 1 is 0.889 bits per heavy atom. The van der Waals surface area contributed by atoms with Crippen LogP contribution < -0.4 is 0 Å². The molecule has 0 radical (unpaired) electrons. The molecule has 1 aliphatic rings. The molecule has 0 N–H and O–H groups in total. The Morgan fingerprint density at radius 2 is 1.39 bits per heavy atom. The van der Waals surface area contributed by atoms with Gasteiger partial charge in [0, 0.05) is 5.92 Å². The van der Waals surface area contributed by atoms with Crippen molar-refractivity contribution < 1.29 is 4.74 Å². The number of rotatable bonds is 1. The van der Waals surface area contributed by atoms with Gasteiger partial charge in [0.1, 0.15) is 0 Å². The zero-order valence-corrected chi connectivity index (χ0v) is 10.7. The van der Waals surface area contributed by atoms with Crippen molar-refractivity contribution in [2.24, 2.45) is 0 Å². The first-order valence-electron chi connectivity index (χ1n) is 6.63. The minimum Gasteiger partial charge on any atom is -0.372 e. The van der Waals surface area contributed by atoms with Gasteiger partial charge in [0.15, 0.2) is 0 Å². The maximum absolute atomic E-state index is 5.82. The molecular weight excluding hydrogens is 220 g/mol. The molecule has 3 rings (SSSR count). The fourth-order valence-corrected chi connectivity index (χ4v) is 2.89. The Labute approximate surface area is 108 Å². The number of benzene rings is 2. The quantitative estimate of drug-likeness (QED) is 0.721. The van der Waals surface area contributed by atoms with Crippen molar-refractivity contribution in [3.63, 3.8) is 0 Å². The highest BCUT2D eigenvalue weighted by Crippen LogP contribution is 2.34. The smallest absolute Gasteiger partial charge is 0.0724 e. The fraction of sp³-hybridized carbons (Fsp3) is 0.294. The van der Waals surface area contributed by atoms with Crippen molar-refractivity contribution in [1.29, 1.82) is 0 Å². The standard InChI is InChI=1S/C17H18O/c1-2-15-16-9-5-3-7-13(16)11-18-12-14-8-4-6-10-17(14)15/h3-10,15H,2,11-12H2,1H3. The summed E-state index contributed by atoms with van der Waals surface area (Å²) in [6.07, 6.45) is 1.13. The number of hydrogen-bond acceptors (Lipinski definition) is 1. The number of ether oxygens (including phenoxy) is 1. The van der Waals surface area contributed by atoms with Crippen LogP contribution in [0.2, 0.25) is 0 Å². The first-order chi connectivity index (χ1) is 8.90. The number of fused-ring (bicyclic) bond motifs is 2. The zero-order chi connectivity index (χ0) is 12.4. The predicted molar refractivity (Wildman–Crippen MR) is 73.5 cm³/mol. The predicted octanol–water partition coefficient (Wildman–Crippen LogP) is 4.26. The maximum Gasteiger partial charge on any atom is 0.0724 e. The van der Waals surface area contributed by atoms with Crippen molar-refractivity contribution in [3.8, 4) is 0 Å². The molecule has 18 heavy (non-hydrogen) atoms. The summed E-state index contributed by atoms with van der Waals surface area (Å²) in [5.74, 6) is 0.501. The fourth-order valence-electron chi connectivity index (χ4n) is 2.89. The maximum atomic E-state index is 5.82. The summed E-state index contributed by atoms with van der Waals surface area (Å²) in [5.41, 5.74) is 5.51. The lowest BCUT2D eigenvalue weighted by Crippen LogP contribution is -2.11. The molecule has 1 aliphatic heterocycles. The second kappa shape index (κ2) is 4.95. The normalized spacial score (nSPS) is 15.4. The van der Waals surface area contributed by atoms with Crippen LogP contribution in [0, 0.1) is 0 Å². The molecule has 0 saturated heterocycles. The molecule has 0 unspecified atom stereocenters. The van der Waals surface area contributed by atoms with E-state index in [9.17, 15) is 0 Å². The largest absolute Gasteiger partial charge is 0.372 e. The van der Waals surface area contributed by atoms with E-state index in [4.69, 9.17) is 4.74 Å². The highest BCUT2D eigenvalue weighted by Gasteiger charge is 2.20. The third kappa shape index (κ3) is 1.95. The summed E-state index contributed by atoms with van der Waals surface area (Å²) in [6.45, 7) is 3.71. The average Bonchev–Trinajstić information content (AvgIpc) is 2.40. The molecule has 1 heteroatoms. The Balaban J connectivity index is 2.16. The molecule has 0 fully saturated rings. The van der Waals surface area contributed by atoms with E-state index >= 15 is 0 Å². The Morgan fingerprint density at radius 3 is 1.89 bits per heavy atom. The molecule has 92 valence electrons. The molecule has 0 bridgehead atoms. The lowest BCUT2D eigenvalue weighted by molar-refractivity contribution is 0.104. The van der Waals surface area contributed by atoms with Crippen LogP contribution in [-0.2, 0) is 18.0 Å². The minimum atomic E-state index is 0.501. The van der Waals surface area contributed by atoms with Crippen LogP contribution in [0.5, 0.6) is 0 Å². The van der Waals surface area contributed by atoms with Gasteiger partial charge in [0.05, 0.1) is 13.2 Å². The van der Waals surface area contributed by atoms with Crippen molar-refractivity contribution in [1.82, 2.24) is 0 Å². The molecule has 0 atom stereocenters. The Kier molecular flexibility index (Phi) is 3.16. The van der Waals surface area contributed by atoms with Crippen LogP contribution >= 0.6 is 0 Å². The van der Waals surface area contributed by atoms with Crippen LogP contribution in [0.15, 0.2) is 48.5 Å². The molecule has 2 aromatic rings. The van der Waals surface area contributed by atoms with E-state index in [0.717, 1.165) is 19.6 Å². The summed E-state index contributed by atoms with van der Waals surface area (Å²) >= 11 is 0. The molecule has 1 heterocycles. The van der Waals surface area contributed by atoms with Gasteiger partial charge in [-0.2, -0.15) is 0 Å². The minimum absolute atomic E-state index is 0.501. The van der Waals surface area contributed by atoms with Gasteiger partial charge in [-0.3, -0.25) is 0 Å². The lowest BCUT2D eigenvalue weighted by Gasteiger charge is -2.25. The van der Waals surface area contributed by atoms with Crippen molar-refractivity contribution in [2.75, 3.05) is 0 Å². The summed E-state index contributed by atoms with van der Waals surface area (Å²) < 4.78 is 5.82. The first kappa shape index (κ1) is 11.5. The van der Waals surface area contributed by atoms with Crippen LogP contribution in [0.25, 0.3) is 0 Å². The van der Waals surface area contributed by atoms with Crippen LogP contribution in [0.3, 0.4) is 0 Å². The monoisotopic (exact) mass is 238 g/mol. The third-order valence-electron chi connectivity index (χ3n) is 3.78. The van der Waals surface area contributed by atoms with Gasteiger partial charge in [-0.25, -0.2) is 0 Å². The molecule has 0 aliphatic carbocycles. The summed E-state index contributed by atoms with van der Waals surface area (Å²) in [4.78, 5) is 0. The highest BCUT2D eigenvalue weighted by atomic mass is 16.5. The lowest BCUT2D eigenvalue weighted by atomic mass is 9.83. The average molecular weight is 238 g/mol. The Bertz CT molecular complexity index is 497. The van der Waals surface area contributed by atoms with E-state index in [0.29, 0.717) is 5.92 Å². The summed E-state index contributed by atoms with van der Waals surface area (Å²) in [6, 6.07) is 17.3. The van der Waals surface area contributed by atoms with Gasteiger partial charge in [0.2, 0.25) is 0 Å². The molecule has 0 saturated carbocycles. The van der Waals surface area contributed by atoms with Gasteiger partial charge in [0.25, 0.3) is 0 Å². The SMILES string of the molecule is CCC1c2ccccc2COCc2ccccc21. The topological polar surface area (TPSA) is 9.23 Å². The first-order valence-corrected chi connectivity index (χ1v) is 6.63. The van der Waals surface area contributed by atoms with Gasteiger partial charge >= 0.3 is 0 Å². The summed E-state index contributed by atoms with van der Waals surface area (Å²) in [7, 11) is 0. The zero-order valence-electron chi connectivity index (χ0n) is 10.7. The van der Waals surface area contributed by atoms with Crippen molar-refractivity contribution in [3.05, 3.63) is 70.8 Å².